The molecule has 1 amide bonds. The van der Waals surface area contributed by atoms with Crippen LogP contribution in [0.25, 0.3) is 5.57 Å². The predicted molar refractivity (Wildman–Crippen MR) is 234 cm³/mol. The second-order valence-electron chi connectivity index (χ2n) is 20.5. The van der Waals surface area contributed by atoms with E-state index in [1.54, 1.807) is 0 Å². The van der Waals surface area contributed by atoms with Crippen LogP contribution < -0.4 is 5.32 Å². The number of halogens is 1. The fraction of sp³-hybridized carbons (Fsp3) is 0.620. The van der Waals surface area contributed by atoms with Crippen molar-refractivity contribution in [2.24, 2.45) is 51.2 Å². The van der Waals surface area contributed by atoms with Gasteiger partial charge < -0.3 is 15.0 Å². The van der Waals surface area contributed by atoms with E-state index in [-0.39, 0.29) is 51.4 Å². The Kier molecular flexibility index (Phi) is 11.8. The van der Waals surface area contributed by atoms with Crippen molar-refractivity contribution in [3.8, 4) is 0 Å². The van der Waals surface area contributed by atoms with Crippen LogP contribution in [0.2, 0.25) is 5.02 Å². The minimum absolute atomic E-state index is 0.0335. The fourth-order valence-electron chi connectivity index (χ4n) is 13.7. The summed E-state index contributed by atoms with van der Waals surface area (Å²) < 4.78 is 4.98. The van der Waals surface area contributed by atoms with E-state index >= 15 is 0 Å². The Bertz CT molecular complexity index is 1970. The molecule has 3 saturated carbocycles. The van der Waals surface area contributed by atoms with Gasteiger partial charge in [0.2, 0.25) is 5.91 Å². The molecule has 0 heterocycles. The van der Waals surface area contributed by atoms with E-state index in [0.717, 1.165) is 62.8 Å². The van der Waals surface area contributed by atoms with Crippen molar-refractivity contribution in [1.82, 2.24) is 15.1 Å². The molecule has 4 unspecified atom stereocenters. The number of ether oxygens (including phenoxy) is 1. The Morgan fingerprint density at radius 3 is 2.24 bits per heavy atom. The van der Waals surface area contributed by atoms with Gasteiger partial charge in [-0.05, 0) is 144 Å². The monoisotopic (exact) mass is 809 g/mol. The molecular formula is C50H68ClN3O4. The highest BCUT2D eigenvalue weighted by Gasteiger charge is 2.69. The van der Waals surface area contributed by atoms with Crippen LogP contribution in [0.15, 0.2) is 65.8 Å². The van der Waals surface area contributed by atoms with Crippen LogP contribution >= 0.6 is 11.6 Å². The van der Waals surface area contributed by atoms with Crippen molar-refractivity contribution in [2.75, 3.05) is 40.8 Å². The number of benzene rings is 2. The van der Waals surface area contributed by atoms with Gasteiger partial charge in [-0.25, -0.2) is 4.79 Å². The Morgan fingerprint density at radius 1 is 0.914 bits per heavy atom. The first-order valence-electron chi connectivity index (χ1n) is 21.9. The van der Waals surface area contributed by atoms with Gasteiger partial charge >= 0.3 is 5.97 Å². The Morgan fingerprint density at radius 2 is 1.60 bits per heavy atom. The number of carbonyl (C=O) groups excluding carboxylic acids is 3. The summed E-state index contributed by atoms with van der Waals surface area (Å²) in [4.78, 5) is 45.0. The first kappa shape index (κ1) is 42.8. The summed E-state index contributed by atoms with van der Waals surface area (Å²) >= 11 is 6.21. The van der Waals surface area contributed by atoms with Gasteiger partial charge in [-0.2, -0.15) is 0 Å². The lowest BCUT2D eigenvalue weighted by atomic mass is 9.33. The third-order valence-corrected chi connectivity index (χ3v) is 16.7. The maximum absolute atomic E-state index is 14.3. The van der Waals surface area contributed by atoms with Crippen LogP contribution in [0.4, 0.5) is 0 Å². The Balaban J connectivity index is 1.19. The molecule has 1 N–H and O–H groups in total. The molecule has 2 aromatic carbocycles. The molecule has 3 fully saturated rings. The van der Waals surface area contributed by atoms with E-state index < -0.39 is 0 Å². The number of allylic oxidation sites excluding steroid dienone is 3. The maximum Gasteiger partial charge on any atom is 0.337 e. The van der Waals surface area contributed by atoms with Crippen molar-refractivity contribution in [3.05, 3.63) is 87.5 Å². The normalized spacial score (nSPS) is 32.7. The number of ketones is 1. The van der Waals surface area contributed by atoms with Crippen LogP contribution in [0.5, 0.6) is 0 Å². The van der Waals surface area contributed by atoms with E-state index in [0.29, 0.717) is 53.6 Å². The molecule has 8 atom stereocenters. The van der Waals surface area contributed by atoms with E-state index in [4.69, 9.17) is 16.3 Å². The number of likely N-dealkylation sites (N-methyl/N-ethyl adjacent to an activating group) is 1. The molecule has 0 spiro atoms. The maximum atomic E-state index is 14.3. The van der Waals surface area contributed by atoms with Crippen molar-refractivity contribution in [1.29, 1.82) is 0 Å². The molecule has 0 radical (unpaired) electrons. The van der Waals surface area contributed by atoms with Gasteiger partial charge in [-0.1, -0.05) is 96.0 Å². The van der Waals surface area contributed by atoms with Gasteiger partial charge in [0, 0.05) is 43.0 Å². The van der Waals surface area contributed by atoms with Gasteiger partial charge in [-0.15, -0.1) is 0 Å². The van der Waals surface area contributed by atoms with Crippen molar-refractivity contribution in [3.63, 3.8) is 0 Å². The number of amides is 1. The van der Waals surface area contributed by atoms with E-state index in [1.165, 1.54) is 23.8 Å². The fourth-order valence-corrected chi connectivity index (χ4v) is 13.8. The number of rotatable bonds is 11. The van der Waals surface area contributed by atoms with Gasteiger partial charge in [0.25, 0.3) is 0 Å². The number of hydrogen-bond donors (Lipinski definition) is 1. The summed E-state index contributed by atoms with van der Waals surface area (Å²) in [5.74, 6) is 1.60. The molecule has 5 aliphatic carbocycles. The first-order valence-corrected chi connectivity index (χ1v) is 22.3. The SMILES string of the molecule is COC(=O)c1ccc(C2=CC[C@@]3(C)C(CC[C@]4(C)C3CCC3C5=C(C(C)C)C(=O)CC5[C@@H](NC(=O)CN(CCN(C)C)Cc5ccc(Cl)cc5)C[C@]34C)C2(C)C)cc1. The van der Waals surface area contributed by atoms with Crippen molar-refractivity contribution in [2.45, 2.75) is 106 Å². The highest BCUT2D eigenvalue weighted by molar-refractivity contribution is 6.30. The minimum Gasteiger partial charge on any atom is -0.465 e. The summed E-state index contributed by atoms with van der Waals surface area (Å²) in [5.41, 5.74) is 6.72. The summed E-state index contributed by atoms with van der Waals surface area (Å²) in [7, 11) is 5.56. The number of carbonyl (C=O) groups is 3. The minimum atomic E-state index is -0.308. The molecule has 0 bridgehead atoms. The third-order valence-electron chi connectivity index (χ3n) is 16.5. The number of esters is 1. The predicted octanol–water partition coefficient (Wildman–Crippen LogP) is 9.89. The van der Waals surface area contributed by atoms with Crippen LogP contribution in [0.1, 0.15) is 115 Å². The number of Topliss-reactive ketones (excluding diaryl/α,β-unsaturated/α-hetero) is 1. The quantitative estimate of drug-likeness (QED) is 0.228. The van der Waals surface area contributed by atoms with Crippen molar-refractivity contribution >= 4 is 34.8 Å². The van der Waals surface area contributed by atoms with Gasteiger partial charge in [-0.3, -0.25) is 14.5 Å². The van der Waals surface area contributed by atoms with Crippen LogP contribution in [-0.4, -0.2) is 74.3 Å². The Hall–Kier alpha value is -3.26. The summed E-state index contributed by atoms with van der Waals surface area (Å²) in [6, 6.07) is 15.8. The second-order valence-corrected chi connectivity index (χ2v) is 20.9. The van der Waals surface area contributed by atoms with Crippen LogP contribution in [-0.2, 0) is 20.9 Å². The summed E-state index contributed by atoms with van der Waals surface area (Å²) in [5, 5.41) is 4.34. The van der Waals surface area contributed by atoms with Gasteiger partial charge in [0.15, 0.2) is 5.78 Å². The number of fused-ring (bicyclic) bond motifs is 7. The number of hydrogen-bond acceptors (Lipinski definition) is 6. The molecule has 7 nitrogen and oxygen atoms in total. The molecule has 0 aromatic heterocycles. The summed E-state index contributed by atoms with van der Waals surface area (Å²) in [6.07, 6.45) is 9.48. The molecule has 0 saturated heterocycles. The first-order chi connectivity index (χ1) is 27.3. The molecule has 8 heteroatoms. The smallest absolute Gasteiger partial charge is 0.337 e. The molecule has 0 aliphatic heterocycles. The number of nitrogens with zero attached hydrogens (tertiary/aromatic N) is 2. The van der Waals surface area contributed by atoms with Crippen LogP contribution in [0, 0.1) is 51.2 Å². The highest BCUT2D eigenvalue weighted by Crippen LogP contribution is 2.75. The standard InChI is InChI=1S/C50H68ClN3O4/c1-31(2)44-40(55)27-36-39(52-43(56)30-54(26-25-53(8)9)29-32-11-17-35(51)18-12-32)28-50(7)38(45(36)44)19-20-42-48(5)23-21-37(33-13-15-34(16-14-33)46(57)58-10)47(3,4)41(48)22-24-49(42,50)6/h11-18,21,31,36,38-39,41-42H,19-20,22-30H2,1-10H3,(H,52,56)/t36?,38?,39-,41?,42?,48-,49+,50+/m0/s1. The lowest BCUT2D eigenvalue weighted by molar-refractivity contribution is -0.195. The average molecular weight is 811 g/mol. The third kappa shape index (κ3) is 7.33. The molecule has 5 aliphatic rings. The zero-order valence-corrected chi connectivity index (χ0v) is 37.6. The zero-order valence-electron chi connectivity index (χ0n) is 36.8. The lowest BCUT2D eigenvalue weighted by Gasteiger charge is -2.71. The van der Waals surface area contributed by atoms with E-state index in [9.17, 15) is 14.4 Å². The van der Waals surface area contributed by atoms with Crippen LogP contribution in [0.3, 0.4) is 0 Å². The Labute approximate surface area is 353 Å². The molecule has 7 rings (SSSR count). The molecular weight excluding hydrogens is 742 g/mol. The molecule has 2 aromatic rings. The molecule has 58 heavy (non-hydrogen) atoms. The number of methoxy groups -OCH3 is 1. The van der Waals surface area contributed by atoms with E-state index in [2.05, 4.69) is 95.9 Å². The molecule has 314 valence electrons. The van der Waals surface area contributed by atoms with Gasteiger partial charge in [0.05, 0.1) is 19.2 Å². The highest BCUT2D eigenvalue weighted by atomic mass is 35.5. The zero-order chi connectivity index (χ0) is 41.9. The average Bonchev–Trinajstić information content (AvgIpc) is 3.52. The topological polar surface area (TPSA) is 78.9 Å². The number of nitrogens with one attached hydrogen (secondary N) is 1. The van der Waals surface area contributed by atoms with E-state index in [1.807, 2.05) is 36.4 Å². The van der Waals surface area contributed by atoms with Crippen molar-refractivity contribution < 1.29 is 19.1 Å². The lowest BCUT2D eigenvalue weighted by Crippen LogP contribution is -2.65. The summed E-state index contributed by atoms with van der Waals surface area (Å²) in [6.45, 7) is 19.6. The van der Waals surface area contributed by atoms with Gasteiger partial charge in [0.1, 0.15) is 0 Å². The second kappa shape index (κ2) is 16.0. The largest absolute Gasteiger partial charge is 0.465 e.